The lowest BCUT2D eigenvalue weighted by Gasteiger charge is -2.13. The van der Waals surface area contributed by atoms with Crippen molar-refractivity contribution in [2.45, 2.75) is 25.7 Å². The van der Waals surface area contributed by atoms with Crippen molar-refractivity contribution in [1.29, 1.82) is 0 Å². The molecule has 68 valence electrons. The molecule has 0 radical (unpaired) electrons. The highest BCUT2D eigenvalue weighted by atomic mass is 16.1. The van der Waals surface area contributed by atoms with Crippen LogP contribution in [0.4, 0.5) is 0 Å². The molecule has 0 N–H and O–H groups in total. The summed E-state index contributed by atoms with van der Waals surface area (Å²) in [7, 11) is 0. The van der Waals surface area contributed by atoms with Crippen molar-refractivity contribution < 1.29 is 4.79 Å². The van der Waals surface area contributed by atoms with Crippen LogP contribution in [0.15, 0.2) is 30.3 Å². The van der Waals surface area contributed by atoms with Crippen LogP contribution in [-0.4, -0.2) is 5.78 Å². The third-order valence-corrected chi connectivity index (χ3v) is 2.92. The summed E-state index contributed by atoms with van der Waals surface area (Å²) < 4.78 is 0. The van der Waals surface area contributed by atoms with E-state index >= 15 is 0 Å². The van der Waals surface area contributed by atoms with Gasteiger partial charge in [0.25, 0.3) is 0 Å². The summed E-state index contributed by atoms with van der Waals surface area (Å²) in [5.41, 5.74) is 1.19. The van der Waals surface area contributed by atoms with Crippen LogP contribution in [0.25, 0.3) is 0 Å². The lowest BCUT2D eigenvalue weighted by atomic mass is 9.90. The number of hydrogen-bond donors (Lipinski definition) is 0. The number of carbonyl (C=O) groups is 1. The normalized spacial score (nSPS) is 27.9. The molecule has 2 unspecified atom stereocenters. The molecule has 1 aliphatic rings. The van der Waals surface area contributed by atoms with Gasteiger partial charge in [0.2, 0.25) is 0 Å². The first-order valence-electron chi connectivity index (χ1n) is 4.86. The van der Waals surface area contributed by atoms with Crippen LogP contribution < -0.4 is 0 Å². The maximum Gasteiger partial charge on any atom is 0.140 e. The van der Waals surface area contributed by atoms with Gasteiger partial charge in [-0.25, -0.2) is 0 Å². The molecular formula is C12H14O. The lowest BCUT2D eigenvalue weighted by Crippen LogP contribution is -2.09. The maximum absolute atomic E-state index is 11.6. The molecule has 0 amide bonds. The predicted molar refractivity (Wildman–Crippen MR) is 52.6 cm³/mol. The van der Waals surface area contributed by atoms with Crippen molar-refractivity contribution in [3.8, 4) is 0 Å². The van der Waals surface area contributed by atoms with E-state index in [0.717, 1.165) is 12.8 Å². The van der Waals surface area contributed by atoms with Gasteiger partial charge in [-0.05, 0) is 17.9 Å². The van der Waals surface area contributed by atoms with E-state index in [9.17, 15) is 4.79 Å². The van der Waals surface area contributed by atoms with Gasteiger partial charge in [-0.1, -0.05) is 37.3 Å². The molecule has 0 spiro atoms. The van der Waals surface area contributed by atoms with Gasteiger partial charge in [-0.2, -0.15) is 0 Å². The number of rotatable bonds is 1. The van der Waals surface area contributed by atoms with Crippen LogP contribution in [0.2, 0.25) is 0 Å². The van der Waals surface area contributed by atoms with Crippen LogP contribution in [-0.2, 0) is 4.79 Å². The standard InChI is InChI=1S/C12H14O/c1-9-7-8-11(13)12(9)10-5-3-2-4-6-10/h2-6,9,12H,7-8H2,1H3. The highest BCUT2D eigenvalue weighted by Crippen LogP contribution is 2.36. The SMILES string of the molecule is CC1CCC(=O)C1c1ccccc1. The number of Topliss-reactive ketones (excluding diaryl/α,β-unsaturated/α-hetero) is 1. The van der Waals surface area contributed by atoms with Crippen LogP contribution in [0.1, 0.15) is 31.2 Å². The van der Waals surface area contributed by atoms with E-state index in [4.69, 9.17) is 0 Å². The third kappa shape index (κ3) is 1.51. The van der Waals surface area contributed by atoms with Crippen molar-refractivity contribution in [3.63, 3.8) is 0 Å². The average molecular weight is 174 g/mol. The molecule has 0 heterocycles. The third-order valence-electron chi connectivity index (χ3n) is 2.92. The fraction of sp³-hybridized carbons (Fsp3) is 0.417. The van der Waals surface area contributed by atoms with E-state index in [1.54, 1.807) is 0 Å². The van der Waals surface area contributed by atoms with Crippen LogP contribution in [0.3, 0.4) is 0 Å². The zero-order chi connectivity index (χ0) is 9.26. The Labute approximate surface area is 78.8 Å². The van der Waals surface area contributed by atoms with Gasteiger partial charge in [0.05, 0.1) is 0 Å². The van der Waals surface area contributed by atoms with Gasteiger partial charge in [0.1, 0.15) is 5.78 Å². The summed E-state index contributed by atoms with van der Waals surface area (Å²) in [4.78, 5) is 11.6. The van der Waals surface area contributed by atoms with Crippen LogP contribution in [0.5, 0.6) is 0 Å². The Hall–Kier alpha value is -1.11. The Morgan fingerprint density at radius 3 is 2.46 bits per heavy atom. The summed E-state index contributed by atoms with van der Waals surface area (Å²) in [6.45, 7) is 2.17. The van der Waals surface area contributed by atoms with E-state index in [-0.39, 0.29) is 5.92 Å². The highest BCUT2D eigenvalue weighted by Gasteiger charge is 2.32. The number of carbonyl (C=O) groups excluding carboxylic acids is 1. The zero-order valence-electron chi connectivity index (χ0n) is 7.86. The Kier molecular flexibility index (Phi) is 2.17. The molecule has 1 fully saturated rings. The molecule has 2 rings (SSSR count). The predicted octanol–water partition coefficient (Wildman–Crippen LogP) is 2.77. The summed E-state index contributed by atoms with van der Waals surface area (Å²) >= 11 is 0. The summed E-state index contributed by atoms with van der Waals surface area (Å²) in [6.07, 6.45) is 1.82. The van der Waals surface area contributed by atoms with E-state index in [1.165, 1.54) is 5.56 Å². The van der Waals surface area contributed by atoms with E-state index < -0.39 is 0 Å². The maximum atomic E-state index is 11.6. The Morgan fingerprint density at radius 1 is 1.23 bits per heavy atom. The second-order valence-corrected chi connectivity index (χ2v) is 3.87. The molecule has 0 saturated heterocycles. The van der Waals surface area contributed by atoms with Crippen molar-refractivity contribution in [1.82, 2.24) is 0 Å². The number of hydrogen-bond acceptors (Lipinski definition) is 1. The van der Waals surface area contributed by atoms with Crippen molar-refractivity contribution >= 4 is 5.78 Å². The van der Waals surface area contributed by atoms with E-state index in [1.807, 2.05) is 18.2 Å². The summed E-state index contributed by atoms with van der Waals surface area (Å²) in [5.74, 6) is 1.11. The molecule has 1 nitrogen and oxygen atoms in total. The topological polar surface area (TPSA) is 17.1 Å². The minimum absolute atomic E-state index is 0.168. The minimum atomic E-state index is 0.168. The van der Waals surface area contributed by atoms with Crippen LogP contribution in [0, 0.1) is 5.92 Å². The first kappa shape index (κ1) is 8.49. The molecule has 0 bridgehead atoms. The fourth-order valence-electron chi connectivity index (χ4n) is 2.18. The molecule has 13 heavy (non-hydrogen) atoms. The molecule has 2 atom stereocenters. The van der Waals surface area contributed by atoms with Gasteiger partial charge in [-0.3, -0.25) is 4.79 Å². The van der Waals surface area contributed by atoms with E-state index in [2.05, 4.69) is 19.1 Å². The van der Waals surface area contributed by atoms with Crippen molar-refractivity contribution in [2.75, 3.05) is 0 Å². The minimum Gasteiger partial charge on any atom is -0.299 e. The monoisotopic (exact) mass is 174 g/mol. The zero-order valence-corrected chi connectivity index (χ0v) is 7.86. The second-order valence-electron chi connectivity index (χ2n) is 3.87. The summed E-state index contributed by atoms with van der Waals surface area (Å²) in [5, 5.41) is 0. The fourth-order valence-corrected chi connectivity index (χ4v) is 2.18. The molecule has 0 aliphatic heterocycles. The van der Waals surface area contributed by atoms with E-state index in [0.29, 0.717) is 11.7 Å². The quantitative estimate of drug-likeness (QED) is 0.639. The van der Waals surface area contributed by atoms with Gasteiger partial charge in [-0.15, -0.1) is 0 Å². The molecule has 0 aromatic heterocycles. The molecule has 1 aliphatic carbocycles. The molecule has 1 aromatic rings. The largest absolute Gasteiger partial charge is 0.299 e. The molecule has 1 saturated carbocycles. The Balaban J connectivity index is 2.30. The van der Waals surface area contributed by atoms with Crippen molar-refractivity contribution in [3.05, 3.63) is 35.9 Å². The first-order valence-corrected chi connectivity index (χ1v) is 4.86. The smallest absolute Gasteiger partial charge is 0.140 e. The molecule has 1 aromatic carbocycles. The number of ketones is 1. The van der Waals surface area contributed by atoms with Gasteiger partial charge in [0.15, 0.2) is 0 Å². The van der Waals surface area contributed by atoms with Gasteiger partial charge >= 0.3 is 0 Å². The van der Waals surface area contributed by atoms with Gasteiger partial charge in [0, 0.05) is 12.3 Å². The Bertz CT molecular complexity index is 302. The average Bonchev–Trinajstić information content (AvgIpc) is 2.48. The lowest BCUT2D eigenvalue weighted by molar-refractivity contribution is -0.118. The highest BCUT2D eigenvalue weighted by molar-refractivity contribution is 5.88. The summed E-state index contributed by atoms with van der Waals surface area (Å²) in [6, 6.07) is 10.1. The van der Waals surface area contributed by atoms with Crippen LogP contribution >= 0.6 is 0 Å². The second kappa shape index (κ2) is 3.33. The Morgan fingerprint density at radius 2 is 1.92 bits per heavy atom. The molecule has 1 heteroatoms. The van der Waals surface area contributed by atoms with Crippen molar-refractivity contribution in [2.24, 2.45) is 5.92 Å². The molecular weight excluding hydrogens is 160 g/mol. The number of benzene rings is 1. The van der Waals surface area contributed by atoms with Gasteiger partial charge < -0.3 is 0 Å². The first-order chi connectivity index (χ1) is 6.29.